The average Bonchev–Trinajstić information content (AvgIpc) is 3.19. The number of piperidine rings is 1. The molecule has 3 aromatic rings. The number of amides is 2. The van der Waals surface area contributed by atoms with Crippen molar-refractivity contribution in [3.8, 4) is 0 Å². The molecule has 0 bridgehead atoms. The van der Waals surface area contributed by atoms with Crippen LogP contribution in [-0.2, 0) is 19.6 Å². The first-order chi connectivity index (χ1) is 19.5. The molecule has 0 spiro atoms. The summed E-state index contributed by atoms with van der Waals surface area (Å²) in [6, 6.07) is 15.6. The fraction of sp³-hybridized carbons (Fsp3) is 0.310. The maximum absolute atomic E-state index is 13.5. The second kappa shape index (κ2) is 11.3. The van der Waals surface area contributed by atoms with Crippen molar-refractivity contribution in [1.82, 2.24) is 14.9 Å². The van der Waals surface area contributed by atoms with Gasteiger partial charge in [0, 0.05) is 19.6 Å². The van der Waals surface area contributed by atoms with Crippen LogP contribution >= 0.6 is 0 Å². The molecule has 3 aromatic carbocycles. The van der Waals surface area contributed by atoms with Gasteiger partial charge in [0.2, 0.25) is 15.9 Å². The van der Waals surface area contributed by atoms with E-state index in [1.54, 1.807) is 48.2 Å². The Morgan fingerprint density at radius 1 is 1.10 bits per heavy atom. The Morgan fingerprint density at radius 3 is 2.61 bits per heavy atom. The summed E-state index contributed by atoms with van der Waals surface area (Å²) in [5.74, 6) is -2.18. The van der Waals surface area contributed by atoms with Crippen LogP contribution in [-0.4, -0.2) is 69.1 Å². The molecule has 0 aromatic heterocycles. The molecular weight excluding hydrogens is 544 g/mol. The fourth-order valence-electron chi connectivity index (χ4n) is 5.36. The predicted molar refractivity (Wildman–Crippen MR) is 155 cm³/mol. The van der Waals surface area contributed by atoms with E-state index in [-0.39, 0.29) is 35.4 Å². The van der Waals surface area contributed by atoms with Crippen LogP contribution in [0.1, 0.15) is 28.8 Å². The van der Waals surface area contributed by atoms with Crippen molar-refractivity contribution in [1.29, 1.82) is 5.41 Å². The zero-order valence-electron chi connectivity index (χ0n) is 22.6. The van der Waals surface area contributed by atoms with Gasteiger partial charge in [-0.1, -0.05) is 42.0 Å². The Labute approximate surface area is 238 Å². The maximum atomic E-state index is 13.5. The predicted octanol–water partition coefficient (Wildman–Crippen LogP) is 1.75. The highest BCUT2D eigenvalue weighted by Crippen LogP contribution is 2.30. The van der Waals surface area contributed by atoms with Crippen molar-refractivity contribution in [3.05, 3.63) is 71.8 Å². The van der Waals surface area contributed by atoms with Crippen LogP contribution in [0.4, 0.5) is 5.69 Å². The first kappa shape index (κ1) is 28.2. The van der Waals surface area contributed by atoms with Gasteiger partial charge < -0.3 is 20.9 Å². The van der Waals surface area contributed by atoms with E-state index < -0.39 is 33.7 Å². The zero-order valence-corrected chi connectivity index (χ0v) is 23.4. The first-order valence-corrected chi connectivity index (χ1v) is 14.9. The fourth-order valence-corrected chi connectivity index (χ4v) is 6.58. The number of rotatable bonds is 8. The van der Waals surface area contributed by atoms with Gasteiger partial charge in [-0.05, 0) is 60.7 Å². The Balaban J connectivity index is 1.40. The topological polar surface area (TPSA) is 166 Å². The van der Waals surface area contributed by atoms with Crippen molar-refractivity contribution >= 4 is 50.0 Å². The third-order valence-corrected chi connectivity index (χ3v) is 9.03. The number of guanidine groups is 1. The van der Waals surface area contributed by atoms with Crippen LogP contribution < -0.4 is 20.7 Å². The molecule has 1 saturated heterocycles. The number of nitrogens with one attached hydrogen (secondary N) is 3. The molecule has 2 atom stereocenters. The third-order valence-electron chi connectivity index (χ3n) is 7.56. The normalized spacial score (nSPS) is 17.9. The van der Waals surface area contributed by atoms with Gasteiger partial charge in [-0.15, -0.1) is 0 Å². The van der Waals surface area contributed by atoms with Gasteiger partial charge >= 0.3 is 0 Å². The highest BCUT2D eigenvalue weighted by atomic mass is 32.2. The molecule has 0 radical (unpaired) electrons. The number of ketones is 1. The number of benzene rings is 3. The van der Waals surface area contributed by atoms with Crippen molar-refractivity contribution in [2.75, 3.05) is 31.1 Å². The monoisotopic (exact) mass is 576 g/mol. The van der Waals surface area contributed by atoms with E-state index in [1.807, 2.05) is 12.1 Å². The molecule has 2 amide bonds. The third kappa shape index (κ3) is 5.93. The molecular formula is C29H32N6O5S. The van der Waals surface area contributed by atoms with Gasteiger partial charge in [-0.3, -0.25) is 19.8 Å². The van der Waals surface area contributed by atoms with Gasteiger partial charge in [0.25, 0.3) is 11.7 Å². The van der Waals surface area contributed by atoms with Crippen LogP contribution in [0.25, 0.3) is 10.8 Å². The van der Waals surface area contributed by atoms with Gasteiger partial charge in [-0.2, -0.15) is 4.72 Å². The van der Waals surface area contributed by atoms with Crippen LogP contribution in [0.15, 0.2) is 65.6 Å². The second-order valence-corrected chi connectivity index (χ2v) is 12.2. The molecule has 11 nitrogen and oxygen atoms in total. The van der Waals surface area contributed by atoms with Gasteiger partial charge in [-0.25, -0.2) is 8.42 Å². The lowest BCUT2D eigenvalue weighted by atomic mass is 9.98. The standard InChI is InChI=1S/C29H32N6O5S/c1-18-8-11-25-23(13-18)26(36)28(38)35(25)17-24(27(37)32-15-19-5-4-12-34(16-19)29(30)31)33-41(39,40)22-10-9-20-6-2-3-7-21(20)14-22/h2-3,6-11,13-14,19,24,33H,4-5,12,15-17H2,1H3,(H3,30,31)(H,32,37)/t19-,24+/m0/s1. The number of carbonyl (C=O) groups is 3. The van der Waals surface area contributed by atoms with Crippen LogP contribution in [0, 0.1) is 18.3 Å². The molecule has 12 heteroatoms. The molecule has 214 valence electrons. The summed E-state index contributed by atoms with van der Waals surface area (Å²) in [6.07, 6.45) is 1.61. The lowest BCUT2D eigenvalue weighted by Crippen LogP contribution is -2.54. The number of hydrogen-bond donors (Lipinski definition) is 4. The Morgan fingerprint density at radius 2 is 1.85 bits per heavy atom. The minimum atomic E-state index is -4.20. The molecule has 2 aliphatic heterocycles. The van der Waals surface area contributed by atoms with E-state index >= 15 is 0 Å². The summed E-state index contributed by atoms with van der Waals surface area (Å²) >= 11 is 0. The quantitative estimate of drug-likeness (QED) is 0.180. The summed E-state index contributed by atoms with van der Waals surface area (Å²) in [7, 11) is -4.20. The van der Waals surface area contributed by atoms with E-state index in [0.29, 0.717) is 24.2 Å². The smallest absolute Gasteiger partial charge is 0.299 e. The number of Topliss-reactive ketones (excluding diaryl/α,β-unsaturated/α-hetero) is 1. The summed E-state index contributed by atoms with van der Waals surface area (Å²) in [4.78, 5) is 42.0. The number of nitrogens with two attached hydrogens (primary N) is 1. The summed E-state index contributed by atoms with van der Waals surface area (Å²) in [5, 5.41) is 12.1. The summed E-state index contributed by atoms with van der Waals surface area (Å²) in [5.41, 5.74) is 6.99. The number of anilines is 1. The lowest BCUT2D eigenvalue weighted by Gasteiger charge is -2.33. The number of carbonyl (C=O) groups excluding carboxylic acids is 3. The number of aryl methyl sites for hydroxylation is 1. The highest BCUT2D eigenvalue weighted by molar-refractivity contribution is 7.89. The van der Waals surface area contributed by atoms with Crippen molar-refractivity contribution in [3.63, 3.8) is 0 Å². The lowest BCUT2D eigenvalue weighted by molar-refractivity contribution is -0.122. The van der Waals surface area contributed by atoms with E-state index in [2.05, 4.69) is 10.0 Å². The summed E-state index contributed by atoms with van der Waals surface area (Å²) in [6.45, 7) is 2.82. The molecule has 5 N–H and O–H groups in total. The first-order valence-electron chi connectivity index (χ1n) is 13.4. The average molecular weight is 577 g/mol. The minimum absolute atomic E-state index is 0.00745. The van der Waals surface area contributed by atoms with E-state index in [9.17, 15) is 22.8 Å². The number of fused-ring (bicyclic) bond motifs is 2. The van der Waals surface area contributed by atoms with Crippen molar-refractivity contribution in [2.24, 2.45) is 11.7 Å². The van der Waals surface area contributed by atoms with Crippen LogP contribution in [0.5, 0.6) is 0 Å². The Kier molecular flexibility index (Phi) is 7.78. The molecule has 5 rings (SSSR count). The van der Waals surface area contributed by atoms with E-state index in [0.717, 1.165) is 28.7 Å². The minimum Gasteiger partial charge on any atom is -0.370 e. The highest BCUT2D eigenvalue weighted by Gasteiger charge is 2.39. The number of sulfonamides is 1. The van der Waals surface area contributed by atoms with Crippen LogP contribution in [0.2, 0.25) is 0 Å². The SMILES string of the molecule is Cc1ccc2c(c1)C(=O)C(=O)N2C[C@@H](NS(=O)(=O)c1ccc2ccccc2c1)C(=O)NC[C@@H]1CCCN(C(=N)N)C1. The number of likely N-dealkylation sites (tertiary alicyclic amines) is 1. The Bertz CT molecular complexity index is 1660. The van der Waals surface area contributed by atoms with Crippen LogP contribution in [0.3, 0.4) is 0 Å². The van der Waals surface area contributed by atoms with Gasteiger partial charge in [0.05, 0.1) is 22.7 Å². The van der Waals surface area contributed by atoms with Crippen molar-refractivity contribution < 1.29 is 22.8 Å². The molecule has 41 heavy (non-hydrogen) atoms. The van der Waals surface area contributed by atoms with Gasteiger partial charge in [0.15, 0.2) is 5.96 Å². The van der Waals surface area contributed by atoms with Crippen molar-refractivity contribution in [2.45, 2.75) is 30.7 Å². The molecule has 1 fully saturated rings. The van der Waals surface area contributed by atoms with Gasteiger partial charge in [0.1, 0.15) is 6.04 Å². The molecule has 0 unspecified atom stereocenters. The van der Waals surface area contributed by atoms with E-state index in [4.69, 9.17) is 11.1 Å². The molecule has 0 saturated carbocycles. The van der Waals surface area contributed by atoms with E-state index in [1.165, 1.54) is 12.1 Å². The number of hydrogen-bond acceptors (Lipinski definition) is 6. The molecule has 0 aliphatic carbocycles. The Hall–Kier alpha value is -4.29. The number of nitrogens with zero attached hydrogens (tertiary/aromatic N) is 2. The zero-order chi connectivity index (χ0) is 29.3. The maximum Gasteiger partial charge on any atom is 0.299 e. The second-order valence-electron chi connectivity index (χ2n) is 10.5. The largest absolute Gasteiger partial charge is 0.370 e. The summed E-state index contributed by atoms with van der Waals surface area (Å²) < 4.78 is 29.5. The molecule has 2 heterocycles. The molecule has 2 aliphatic rings.